The second-order valence-electron chi connectivity index (χ2n) is 8.92. The van der Waals surface area contributed by atoms with Crippen LogP contribution >= 0.6 is 11.3 Å². The van der Waals surface area contributed by atoms with E-state index in [0.29, 0.717) is 18.7 Å². The number of nitrogens with zero attached hydrogens (tertiary/aromatic N) is 2. The number of benzene rings is 3. The Hall–Kier alpha value is -4.16. The molecule has 2 heterocycles. The van der Waals surface area contributed by atoms with Crippen LogP contribution in [0.3, 0.4) is 0 Å². The number of aromatic amines is 1. The van der Waals surface area contributed by atoms with Gasteiger partial charge in [0.1, 0.15) is 5.75 Å². The highest BCUT2D eigenvalue weighted by Gasteiger charge is 2.18. The number of carbonyl (C=O) groups is 1. The van der Waals surface area contributed by atoms with E-state index < -0.39 is 0 Å². The number of fused-ring (bicyclic) bond motifs is 1. The average Bonchev–Trinajstić information content (AvgIpc) is 3.57. The van der Waals surface area contributed by atoms with Gasteiger partial charge in [-0.15, -0.1) is 11.3 Å². The molecule has 1 amide bonds. The zero-order chi connectivity index (χ0) is 25.6. The van der Waals surface area contributed by atoms with Gasteiger partial charge in [0.2, 0.25) is 0 Å². The predicted octanol–water partition coefficient (Wildman–Crippen LogP) is 7.18. The molecule has 6 heteroatoms. The Balaban J connectivity index is 1.37. The lowest BCUT2D eigenvalue weighted by Crippen LogP contribution is -2.32. The highest BCUT2D eigenvalue weighted by atomic mass is 32.1. The fraction of sp³-hybridized carbons (Fsp3) is 0.161. The van der Waals surface area contributed by atoms with Crippen LogP contribution in [0.1, 0.15) is 32.1 Å². The van der Waals surface area contributed by atoms with Crippen molar-refractivity contribution in [3.63, 3.8) is 0 Å². The standard InChI is InChI=1S/C31H29N3O2S/c1-22-28(29-19-26(36-2)14-15-30(29)33-22)16-17-34(21-23-7-4-3-5-8-23)31(35)24-10-12-25(13-11-24)32-20-27-9-6-18-37-27/h3-15,18-20,33H,16-17,21H2,1-2H3. The van der Waals surface area contributed by atoms with Gasteiger partial charge in [-0.05, 0) is 78.4 Å². The van der Waals surface area contributed by atoms with E-state index in [2.05, 4.69) is 35.1 Å². The Kier molecular flexibility index (Phi) is 7.47. The third-order valence-electron chi connectivity index (χ3n) is 6.46. The topological polar surface area (TPSA) is 57.7 Å². The molecule has 0 aliphatic rings. The Morgan fingerprint density at radius 2 is 1.84 bits per heavy atom. The molecular formula is C31H29N3O2S. The Bertz CT molecular complexity index is 1500. The van der Waals surface area contributed by atoms with Crippen molar-refractivity contribution in [2.75, 3.05) is 13.7 Å². The summed E-state index contributed by atoms with van der Waals surface area (Å²) < 4.78 is 5.45. The SMILES string of the molecule is COc1ccc2[nH]c(C)c(CCN(Cc3ccccc3)C(=O)c3ccc(N=Cc4cccs4)cc3)c2c1. The molecular weight excluding hydrogens is 478 g/mol. The van der Waals surface area contributed by atoms with Crippen LogP contribution in [0.5, 0.6) is 5.75 Å². The molecule has 0 radical (unpaired) electrons. The smallest absolute Gasteiger partial charge is 0.254 e. The molecule has 0 saturated carbocycles. The number of rotatable bonds is 9. The summed E-state index contributed by atoms with van der Waals surface area (Å²) in [7, 11) is 1.68. The molecule has 5 nitrogen and oxygen atoms in total. The van der Waals surface area contributed by atoms with Gasteiger partial charge in [-0.2, -0.15) is 0 Å². The van der Waals surface area contributed by atoms with Crippen LogP contribution in [0.4, 0.5) is 5.69 Å². The summed E-state index contributed by atoms with van der Waals surface area (Å²) in [6, 6.07) is 27.7. The molecule has 0 unspecified atom stereocenters. The number of methoxy groups -OCH3 is 1. The van der Waals surface area contributed by atoms with Crippen molar-refractivity contribution in [2.24, 2.45) is 4.99 Å². The number of aromatic nitrogens is 1. The van der Waals surface area contributed by atoms with Gasteiger partial charge in [-0.3, -0.25) is 9.79 Å². The molecule has 37 heavy (non-hydrogen) atoms. The van der Waals surface area contributed by atoms with Crippen LogP contribution < -0.4 is 4.74 Å². The molecule has 0 bridgehead atoms. The number of aryl methyl sites for hydroxylation is 1. The fourth-order valence-electron chi connectivity index (χ4n) is 4.49. The van der Waals surface area contributed by atoms with Crippen LogP contribution in [-0.4, -0.2) is 35.7 Å². The molecule has 3 aromatic carbocycles. The Morgan fingerprint density at radius 1 is 1.03 bits per heavy atom. The Labute approximate surface area is 221 Å². The van der Waals surface area contributed by atoms with Gasteiger partial charge in [0.15, 0.2) is 0 Å². The van der Waals surface area contributed by atoms with Crippen LogP contribution in [0.2, 0.25) is 0 Å². The van der Waals surface area contributed by atoms with Gasteiger partial charge in [-0.25, -0.2) is 0 Å². The first-order valence-corrected chi connectivity index (χ1v) is 13.1. The van der Waals surface area contributed by atoms with Gasteiger partial charge in [0, 0.05) is 46.3 Å². The van der Waals surface area contributed by atoms with E-state index in [1.165, 1.54) is 5.56 Å². The molecule has 186 valence electrons. The number of hydrogen-bond acceptors (Lipinski definition) is 4. The zero-order valence-corrected chi connectivity index (χ0v) is 21.8. The van der Waals surface area contributed by atoms with Crippen molar-refractivity contribution in [3.8, 4) is 5.75 Å². The average molecular weight is 508 g/mol. The minimum atomic E-state index is 0.00714. The largest absolute Gasteiger partial charge is 0.497 e. The fourth-order valence-corrected chi connectivity index (χ4v) is 5.07. The molecule has 0 saturated heterocycles. The van der Waals surface area contributed by atoms with Gasteiger partial charge in [0.25, 0.3) is 5.91 Å². The molecule has 0 fully saturated rings. The van der Waals surface area contributed by atoms with Crippen molar-refractivity contribution < 1.29 is 9.53 Å². The van der Waals surface area contributed by atoms with Crippen molar-refractivity contribution in [2.45, 2.75) is 19.9 Å². The van der Waals surface area contributed by atoms with Gasteiger partial charge in [0.05, 0.1) is 12.8 Å². The van der Waals surface area contributed by atoms with E-state index in [1.807, 2.05) is 83.2 Å². The van der Waals surface area contributed by atoms with Crippen molar-refractivity contribution in [1.82, 2.24) is 9.88 Å². The van der Waals surface area contributed by atoms with E-state index in [4.69, 9.17) is 4.74 Å². The molecule has 0 spiro atoms. The first-order chi connectivity index (χ1) is 18.1. The maximum Gasteiger partial charge on any atom is 0.254 e. The summed E-state index contributed by atoms with van der Waals surface area (Å²) in [5.74, 6) is 0.833. The molecule has 0 aliphatic carbocycles. The maximum absolute atomic E-state index is 13.7. The van der Waals surface area contributed by atoms with Gasteiger partial charge < -0.3 is 14.6 Å². The summed E-state index contributed by atoms with van der Waals surface area (Å²) in [5, 5.41) is 3.16. The van der Waals surface area contributed by atoms with E-state index in [1.54, 1.807) is 18.4 Å². The van der Waals surface area contributed by atoms with Gasteiger partial charge >= 0.3 is 0 Å². The van der Waals surface area contributed by atoms with Gasteiger partial charge in [-0.1, -0.05) is 36.4 Å². The minimum absolute atomic E-state index is 0.00714. The molecule has 2 aromatic heterocycles. The highest BCUT2D eigenvalue weighted by molar-refractivity contribution is 7.11. The van der Waals surface area contributed by atoms with Crippen molar-refractivity contribution >= 4 is 40.0 Å². The summed E-state index contributed by atoms with van der Waals surface area (Å²) in [5.41, 5.74) is 5.98. The van der Waals surface area contributed by atoms with Crippen LogP contribution in [-0.2, 0) is 13.0 Å². The van der Waals surface area contributed by atoms with E-state index in [9.17, 15) is 4.79 Å². The summed E-state index contributed by atoms with van der Waals surface area (Å²) in [4.78, 5) is 24.7. The number of amides is 1. The number of hydrogen-bond donors (Lipinski definition) is 1. The molecule has 5 rings (SSSR count). The number of nitrogens with one attached hydrogen (secondary N) is 1. The second kappa shape index (κ2) is 11.3. The number of thiophene rings is 1. The molecule has 1 N–H and O–H groups in total. The summed E-state index contributed by atoms with van der Waals surface area (Å²) >= 11 is 1.64. The molecule has 0 aliphatic heterocycles. The van der Waals surface area contributed by atoms with Crippen molar-refractivity contribution in [1.29, 1.82) is 0 Å². The number of aliphatic imine (C=N–C) groups is 1. The lowest BCUT2D eigenvalue weighted by molar-refractivity contribution is 0.0745. The molecule has 0 atom stereocenters. The quantitative estimate of drug-likeness (QED) is 0.215. The third kappa shape index (κ3) is 5.81. The summed E-state index contributed by atoms with van der Waals surface area (Å²) in [6.45, 7) is 3.22. The third-order valence-corrected chi connectivity index (χ3v) is 7.27. The monoisotopic (exact) mass is 507 g/mol. The summed E-state index contributed by atoms with van der Waals surface area (Å²) in [6.07, 6.45) is 2.59. The predicted molar refractivity (Wildman–Crippen MR) is 152 cm³/mol. The van der Waals surface area contributed by atoms with Crippen LogP contribution in [0.15, 0.2) is 95.3 Å². The van der Waals surface area contributed by atoms with Crippen LogP contribution in [0.25, 0.3) is 10.9 Å². The lowest BCUT2D eigenvalue weighted by Gasteiger charge is -2.23. The minimum Gasteiger partial charge on any atom is -0.497 e. The molecule has 5 aromatic rings. The van der Waals surface area contributed by atoms with E-state index in [-0.39, 0.29) is 5.91 Å². The van der Waals surface area contributed by atoms with Crippen LogP contribution in [0, 0.1) is 6.92 Å². The first kappa shape index (κ1) is 24.5. The number of carbonyl (C=O) groups excluding carboxylic acids is 1. The van der Waals surface area contributed by atoms with Crippen molar-refractivity contribution in [3.05, 3.63) is 118 Å². The van der Waals surface area contributed by atoms with E-state index in [0.717, 1.165) is 44.9 Å². The number of ether oxygens (including phenoxy) is 1. The number of H-pyrrole nitrogens is 1. The highest BCUT2D eigenvalue weighted by Crippen LogP contribution is 2.27. The Morgan fingerprint density at radius 3 is 2.57 bits per heavy atom. The maximum atomic E-state index is 13.7. The zero-order valence-electron chi connectivity index (χ0n) is 21.0. The first-order valence-electron chi connectivity index (χ1n) is 12.3. The normalized spacial score (nSPS) is 11.3. The lowest BCUT2D eigenvalue weighted by atomic mass is 10.1. The second-order valence-corrected chi connectivity index (χ2v) is 9.90. The van der Waals surface area contributed by atoms with E-state index >= 15 is 0 Å².